The van der Waals surface area contributed by atoms with Gasteiger partial charge in [-0.05, 0) is 36.0 Å². The fraction of sp³-hybridized carbons (Fsp3) is 0.667. The predicted molar refractivity (Wildman–Crippen MR) is 39.6 cm³/mol. The highest BCUT2D eigenvalue weighted by atomic mass is 35.5. The SMILES string of the molecule is O=C(Cl)[C@@H]1CC[C@@H](C(=O)Cl)O1. The Bertz CT molecular complexity index is 172. The second-order valence-corrected chi connectivity index (χ2v) is 3.04. The van der Waals surface area contributed by atoms with Gasteiger partial charge in [-0.3, -0.25) is 9.59 Å². The average Bonchev–Trinajstić information content (AvgIpc) is 2.33. The summed E-state index contributed by atoms with van der Waals surface area (Å²) in [4.78, 5) is 21.0. The monoisotopic (exact) mass is 196 g/mol. The molecule has 0 N–H and O–H groups in total. The molecule has 0 saturated carbocycles. The fourth-order valence-electron chi connectivity index (χ4n) is 0.971. The molecule has 1 saturated heterocycles. The van der Waals surface area contributed by atoms with E-state index in [4.69, 9.17) is 27.9 Å². The molecule has 1 rings (SSSR count). The van der Waals surface area contributed by atoms with Crippen LogP contribution in [0.15, 0.2) is 0 Å². The first-order valence-electron chi connectivity index (χ1n) is 3.15. The summed E-state index contributed by atoms with van der Waals surface area (Å²) in [5, 5.41) is -1.13. The van der Waals surface area contributed by atoms with Crippen molar-refractivity contribution < 1.29 is 14.3 Å². The summed E-state index contributed by atoms with van der Waals surface area (Å²) in [5.74, 6) is 0. The van der Waals surface area contributed by atoms with Gasteiger partial charge in [-0.25, -0.2) is 0 Å². The van der Waals surface area contributed by atoms with Gasteiger partial charge in [0.1, 0.15) is 12.2 Å². The van der Waals surface area contributed by atoms with Crippen LogP contribution in [0.1, 0.15) is 12.8 Å². The van der Waals surface area contributed by atoms with E-state index in [0.717, 1.165) is 0 Å². The van der Waals surface area contributed by atoms with Crippen molar-refractivity contribution in [2.24, 2.45) is 0 Å². The predicted octanol–water partition coefficient (Wildman–Crippen LogP) is 1.06. The van der Waals surface area contributed by atoms with E-state index in [1.165, 1.54) is 0 Å². The van der Waals surface area contributed by atoms with Gasteiger partial charge in [-0.1, -0.05) is 0 Å². The third kappa shape index (κ3) is 2.15. The number of hydrogen-bond acceptors (Lipinski definition) is 3. The van der Waals surface area contributed by atoms with E-state index in [0.29, 0.717) is 12.8 Å². The first-order valence-corrected chi connectivity index (χ1v) is 3.91. The highest BCUT2D eigenvalue weighted by Gasteiger charge is 2.32. The van der Waals surface area contributed by atoms with Crippen molar-refractivity contribution in [3.05, 3.63) is 0 Å². The molecule has 0 aromatic rings. The van der Waals surface area contributed by atoms with Gasteiger partial charge in [-0.2, -0.15) is 0 Å². The van der Waals surface area contributed by atoms with Crippen molar-refractivity contribution in [2.75, 3.05) is 0 Å². The third-order valence-electron chi connectivity index (χ3n) is 1.53. The van der Waals surface area contributed by atoms with Gasteiger partial charge in [0.05, 0.1) is 0 Å². The van der Waals surface area contributed by atoms with E-state index in [1.807, 2.05) is 0 Å². The Morgan fingerprint density at radius 1 is 1.09 bits per heavy atom. The molecule has 1 aliphatic rings. The first kappa shape index (κ1) is 8.97. The maximum absolute atomic E-state index is 10.5. The van der Waals surface area contributed by atoms with Crippen LogP contribution in [0, 0.1) is 0 Å². The Kier molecular flexibility index (Phi) is 2.87. The van der Waals surface area contributed by atoms with E-state index < -0.39 is 22.7 Å². The molecular weight excluding hydrogens is 191 g/mol. The molecule has 5 heteroatoms. The molecule has 0 unspecified atom stereocenters. The summed E-state index contributed by atoms with van der Waals surface area (Å²) in [6, 6.07) is 0. The van der Waals surface area contributed by atoms with Crippen molar-refractivity contribution in [3.63, 3.8) is 0 Å². The van der Waals surface area contributed by atoms with E-state index in [-0.39, 0.29) is 0 Å². The Morgan fingerprint density at radius 3 is 1.64 bits per heavy atom. The normalized spacial score (nSPS) is 30.4. The molecule has 1 heterocycles. The second kappa shape index (κ2) is 3.52. The number of rotatable bonds is 2. The molecule has 0 amide bonds. The van der Waals surface area contributed by atoms with Crippen LogP contribution < -0.4 is 0 Å². The van der Waals surface area contributed by atoms with Crippen LogP contribution in [0.5, 0.6) is 0 Å². The molecule has 0 spiro atoms. The summed E-state index contributed by atoms with van der Waals surface area (Å²) in [7, 11) is 0. The molecule has 1 aliphatic heterocycles. The smallest absolute Gasteiger partial charge is 0.250 e. The van der Waals surface area contributed by atoms with E-state index in [2.05, 4.69) is 0 Å². The number of hydrogen-bond donors (Lipinski definition) is 0. The van der Waals surface area contributed by atoms with Crippen molar-refractivity contribution in [3.8, 4) is 0 Å². The van der Waals surface area contributed by atoms with Gasteiger partial charge < -0.3 is 4.74 Å². The van der Waals surface area contributed by atoms with E-state index >= 15 is 0 Å². The zero-order chi connectivity index (χ0) is 8.43. The quantitative estimate of drug-likeness (QED) is 0.621. The summed E-state index contributed by atoms with van der Waals surface area (Å²) in [5.41, 5.74) is 0. The summed E-state index contributed by atoms with van der Waals surface area (Å²) in [6.07, 6.45) is -0.342. The zero-order valence-electron chi connectivity index (χ0n) is 5.55. The molecule has 0 aromatic heterocycles. The zero-order valence-corrected chi connectivity index (χ0v) is 7.06. The van der Waals surface area contributed by atoms with Crippen LogP contribution in [0.3, 0.4) is 0 Å². The van der Waals surface area contributed by atoms with Crippen molar-refractivity contribution >= 4 is 33.7 Å². The Balaban J connectivity index is 2.47. The summed E-state index contributed by atoms with van der Waals surface area (Å²) >= 11 is 10.3. The number of ether oxygens (including phenoxy) is 1. The molecule has 0 aromatic carbocycles. The highest BCUT2D eigenvalue weighted by Crippen LogP contribution is 2.22. The lowest BCUT2D eigenvalue weighted by molar-refractivity contribution is -0.127. The lowest BCUT2D eigenvalue weighted by Gasteiger charge is -2.04. The first-order chi connectivity index (χ1) is 5.11. The van der Waals surface area contributed by atoms with Gasteiger partial charge >= 0.3 is 0 Å². The molecule has 0 bridgehead atoms. The number of carbonyl (C=O) groups is 2. The topological polar surface area (TPSA) is 43.4 Å². The lowest BCUT2D eigenvalue weighted by Crippen LogP contribution is -2.20. The molecule has 11 heavy (non-hydrogen) atoms. The van der Waals surface area contributed by atoms with Crippen LogP contribution in [0.4, 0.5) is 0 Å². The fourth-order valence-corrected chi connectivity index (χ4v) is 1.29. The molecule has 0 radical (unpaired) electrons. The average molecular weight is 197 g/mol. The Labute approximate surface area is 73.6 Å². The highest BCUT2D eigenvalue weighted by molar-refractivity contribution is 6.65. The van der Waals surface area contributed by atoms with Gasteiger partial charge in [0.15, 0.2) is 0 Å². The lowest BCUT2D eigenvalue weighted by atomic mass is 10.2. The second-order valence-electron chi connectivity index (χ2n) is 2.30. The van der Waals surface area contributed by atoms with Crippen LogP contribution >= 0.6 is 23.2 Å². The van der Waals surface area contributed by atoms with Gasteiger partial charge in [-0.15, -0.1) is 0 Å². The standard InChI is InChI=1S/C6H6Cl2O3/c7-5(9)3-1-2-4(11-3)6(8)10/h3-4H,1-2H2/t3-,4-/m0/s1. The minimum Gasteiger partial charge on any atom is -0.357 e. The molecular formula is C6H6Cl2O3. The minimum atomic E-state index is -0.649. The van der Waals surface area contributed by atoms with E-state index in [9.17, 15) is 9.59 Å². The maximum atomic E-state index is 10.5. The van der Waals surface area contributed by atoms with Crippen molar-refractivity contribution in [1.29, 1.82) is 0 Å². The van der Waals surface area contributed by atoms with Crippen molar-refractivity contribution in [2.45, 2.75) is 25.0 Å². The Hall–Kier alpha value is -0.120. The molecule has 0 aliphatic carbocycles. The number of halogens is 2. The van der Waals surface area contributed by atoms with Gasteiger partial charge in [0, 0.05) is 0 Å². The van der Waals surface area contributed by atoms with Crippen LogP contribution in [0.2, 0.25) is 0 Å². The maximum Gasteiger partial charge on any atom is 0.250 e. The third-order valence-corrected chi connectivity index (χ3v) is 2.01. The summed E-state index contributed by atoms with van der Waals surface area (Å²) in [6.45, 7) is 0. The Morgan fingerprint density at radius 2 is 1.45 bits per heavy atom. The number of carbonyl (C=O) groups excluding carboxylic acids is 2. The minimum absolute atomic E-state index is 0.478. The van der Waals surface area contributed by atoms with Gasteiger partial charge in [0.2, 0.25) is 0 Å². The van der Waals surface area contributed by atoms with Crippen LogP contribution in [-0.4, -0.2) is 22.7 Å². The van der Waals surface area contributed by atoms with Gasteiger partial charge in [0.25, 0.3) is 10.5 Å². The molecule has 1 fully saturated rings. The molecule has 2 atom stereocenters. The van der Waals surface area contributed by atoms with Crippen molar-refractivity contribution in [1.82, 2.24) is 0 Å². The molecule has 3 nitrogen and oxygen atoms in total. The largest absolute Gasteiger partial charge is 0.357 e. The molecule has 62 valence electrons. The van der Waals surface area contributed by atoms with Crippen LogP contribution in [0.25, 0.3) is 0 Å². The van der Waals surface area contributed by atoms with Crippen LogP contribution in [-0.2, 0) is 14.3 Å². The van der Waals surface area contributed by atoms with E-state index in [1.54, 1.807) is 0 Å². The summed E-state index contributed by atoms with van der Waals surface area (Å²) < 4.78 is 4.92.